The summed E-state index contributed by atoms with van der Waals surface area (Å²) in [5.74, 6) is -0.766. The summed E-state index contributed by atoms with van der Waals surface area (Å²) in [5, 5.41) is 3.53. The Morgan fingerprint density at radius 2 is 1.54 bits per heavy atom. The monoisotopic (exact) mass is 615 g/mol. The van der Waals surface area contributed by atoms with E-state index in [2.05, 4.69) is 5.32 Å². The average molecular weight is 616 g/mol. The third-order valence-corrected chi connectivity index (χ3v) is 9.69. The highest BCUT2D eigenvalue weighted by Crippen LogP contribution is 2.27. The van der Waals surface area contributed by atoms with Crippen LogP contribution in [0.15, 0.2) is 82.6 Å². The van der Waals surface area contributed by atoms with Crippen molar-refractivity contribution in [1.29, 1.82) is 0 Å². The van der Waals surface area contributed by atoms with Crippen LogP contribution in [0.2, 0.25) is 5.02 Å². The minimum absolute atomic E-state index is 0.0716. The molecule has 3 rings (SSSR count). The van der Waals surface area contributed by atoms with Crippen LogP contribution in [0.3, 0.4) is 0 Å². The number of thioether (sulfide) groups is 1. The normalized spacial score (nSPS) is 12.8. The zero-order valence-electron chi connectivity index (χ0n) is 24.1. The summed E-state index contributed by atoms with van der Waals surface area (Å²) < 4.78 is 29.1. The summed E-state index contributed by atoms with van der Waals surface area (Å²) in [6.45, 7) is 7.26. The Morgan fingerprint density at radius 1 is 0.927 bits per heavy atom. The Labute approximate surface area is 253 Å². The van der Waals surface area contributed by atoms with Crippen molar-refractivity contribution in [3.63, 3.8) is 0 Å². The Morgan fingerprint density at radius 3 is 2.07 bits per heavy atom. The maximum absolute atomic E-state index is 14.1. The second-order valence-corrected chi connectivity index (χ2v) is 13.1. The Bertz CT molecular complexity index is 1410. The van der Waals surface area contributed by atoms with Crippen molar-refractivity contribution in [2.45, 2.75) is 69.0 Å². The van der Waals surface area contributed by atoms with E-state index in [0.29, 0.717) is 17.1 Å². The van der Waals surface area contributed by atoms with Gasteiger partial charge < -0.3 is 10.2 Å². The van der Waals surface area contributed by atoms with Crippen molar-refractivity contribution < 1.29 is 18.0 Å². The largest absolute Gasteiger partial charge is 0.352 e. The molecule has 220 valence electrons. The summed E-state index contributed by atoms with van der Waals surface area (Å²) in [6, 6.07) is 19.7. The summed E-state index contributed by atoms with van der Waals surface area (Å²) in [5.41, 5.74) is 2.09. The van der Waals surface area contributed by atoms with Gasteiger partial charge in [-0.2, -0.15) is 0 Å². The van der Waals surface area contributed by atoms with E-state index in [1.165, 1.54) is 16.7 Å². The van der Waals surface area contributed by atoms with E-state index in [4.69, 9.17) is 11.6 Å². The first-order valence-corrected chi connectivity index (χ1v) is 16.6. The first-order chi connectivity index (χ1) is 19.5. The number of nitrogens with zero attached hydrogens (tertiary/aromatic N) is 2. The average Bonchev–Trinajstić information content (AvgIpc) is 2.97. The summed E-state index contributed by atoms with van der Waals surface area (Å²) in [4.78, 5) is 29.9. The fourth-order valence-electron chi connectivity index (χ4n) is 4.26. The maximum atomic E-state index is 14.1. The van der Waals surface area contributed by atoms with Crippen LogP contribution in [0, 0.1) is 6.92 Å². The zero-order chi connectivity index (χ0) is 30.2. The number of nitrogens with one attached hydrogen (secondary N) is 1. The fraction of sp³-hybridized carbons (Fsp3) is 0.355. The number of halogens is 1. The van der Waals surface area contributed by atoms with Crippen LogP contribution in [-0.4, -0.2) is 50.0 Å². The molecule has 0 radical (unpaired) electrons. The number of sulfonamides is 1. The lowest BCUT2D eigenvalue weighted by atomic mass is 10.1. The minimum atomic E-state index is -4.12. The molecule has 41 heavy (non-hydrogen) atoms. The molecule has 0 aliphatic heterocycles. The fourth-order valence-corrected chi connectivity index (χ4v) is 6.21. The van der Waals surface area contributed by atoms with Gasteiger partial charge in [-0.25, -0.2) is 8.42 Å². The number of hydrogen-bond acceptors (Lipinski definition) is 5. The van der Waals surface area contributed by atoms with Gasteiger partial charge in [0.1, 0.15) is 12.6 Å². The van der Waals surface area contributed by atoms with E-state index in [0.717, 1.165) is 26.7 Å². The molecule has 0 saturated heterocycles. The molecule has 3 aromatic carbocycles. The second kappa shape index (κ2) is 14.8. The van der Waals surface area contributed by atoms with Crippen molar-refractivity contribution in [2.75, 3.05) is 17.1 Å². The molecule has 0 heterocycles. The van der Waals surface area contributed by atoms with E-state index >= 15 is 0 Å². The van der Waals surface area contributed by atoms with Gasteiger partial charge in [-0.15, -0.1) is 11.8 Å². The molecule has 0 aliphatic rings. The topological polar surface area (TPSA) is 86.8 Å². The number of anilines is 1. The molecule has 10 heteroatoms. The highest BCUT2D eigenvalue weighted by atomic mass is 35.5. The number of hydrogen-bond donors (Lipinski definition) is 1. The summed E-state index contributed by atoms with van der Waals surface area (Å²) in [7, 11) is -4.12. The van der Waals surface area contributed by atoms with Crippen LogP contribution >= 0.6 is 23.4 Å². The van der Waals surface area contributed by atoms with Crippen LogP contribution in [-0.2, 0) is 26.2 Å². The van der Waals surface area contributed by atoms with E-state index < -0.39 is 28.5 Å². The lowest BCUT2D eigenvalue weighted by Crippen LogP contribution is -2.53. The molecular weight excluding hydrogens is 578 g/mol. The van der Waals surface area contributed by atoms with Crippen LogP contribution in [0.25, 0.3) is 0 Å². The molecule has 2 amide bonds. The van der Waals surface area contributed by atoms with Crippen molar-refractivity contribution >= 4 is 50.9 Å². The van der Waals surface area contributed by atoms with Gasteiger partial charge >= 0.3 is 0 Å². The number of carbonyl (C=O) groups excluding carboxylic acids is 2. The van der Waals surface area contributed by atoms with Crippen LogP contribution in [0.4, 0.5) is 5.69 Å². The van der Waals surface area contributed by atoms with Gasteiger partial charge in [-0.05, 0) is 87.0 Å². The summed E-state index contributed by atoms with van der Waals surface area (Å²) >= 11 is 7.59. The van der Waals surface area contributed by atoms with Gasteiger partial charge in [0.2, 0.25) is 11.8 Å². The second-order valence-electron chi connectivity index (χ2n) is 9.91. The molecule has 0 aliphatic carbocycles. The van der Waals surface area contributed by atoms with Gasteiger partial charge in [-0.1, -0.05) is 55.3 Å². The van der Waals surface area contributed by atoms with Crippen molar-refractivity contribution in [1.82, 2.24) is 10.2 Å². The van der Waals surface area contributed by atoms with Crippen molar-refractivity contribution in [3.8, 4) is 0 Å². The van der Waals surface area contributed by atoms with Gasteiger partial charge in [0.15, 0.2) is 0 Å². The van der Waals surface area contributed by atoms with Crippen LogP contribution < -0.4 is 9.62 Å². The smallest absolute Gasteiger partial charge is 0.264 e. The molecule has 1 N–H and O–H groups in total. The Hall–Kier alpha value is -3.01. The molecule has 0 bridgehead atoms. The number of benzene rings is 3. The molecule has 2 atom stereocenters. The first-order valence-electron chi connectivity index (χ1n) is 13.6. The standard InChI is InChI=1S/C31H38ClN3O4S2/c1-6-23(4)33-31(37)29(7-2)34(20-24-10-12-25(32)13-11-24)30(36)21-35(26-14-8-22(3)9-15-26)41(38,39)28-18-16-27(40-5)17-19-28/h8-19,23,29H,6-7,20-21H2,1-5H3,(H,33,37). The van der Waals surface area contributed by atoms with E-state index in [1.54, 1.807) is 72.8 Å². The van der Waals surface area contributed by atoms with E-state index in [1.807, 2.05) is 34.0 Å². The van der Waals surface area contributed by atoms with Crippen LogP contribution in [0.1, 0.15) is 44.7 Å². The molecule has 0 aromatic heterocycles. The number of amides is 2. The molecular formula is C31H38ClN3O4S2. The predicted molar refractivity (Wildman–Crippen MR) is 168 cm³/mol. The zero-order valence-corrected chi connectivity index (χ0v) is 26.5. The van der Waals surface area contributed by atoms with Gasteiger partial charge in [-0.3, -0.25) is 13.9 Å². The molecule has 3 aromatic rings. The van der Waals surface area contributed by atoms with E-state index in [-0.39, 0.29) is 23.4 Å². The van der Waals surface area contributed by atoms with Gasteiger partial charge in [0, 0.05) is 22.5 Å². The number of carbonyl (C=O) groups is 2. The summed E-state index contributed by atoms with van der Waals surface area (Å²) in [6.07, 6.45) is 3.01. The Kier molecular flexibility index (Phi) is 11.7. The Balaban J connectivity index is 2.05. The first kappa shape index (κ1) is 32.5. The highest BCUT2D eigenvalue weighted by Gasteiger charge is 2.34. The predicted octanol–water partition coefficient (Wildman–Crippen LogP) is 6.29. The molecule has 0 saturated carbocycles. The third kappa shape index (κ3) is 8.50. The van der Waals surface area contributed by atoms with Gasteiger partial charge in [0.05, 0.1) is 10.6 Å². The van der Waals surface area contributed by atoms with Crippen molar-refractivity contribution in [3.05, 3.63) is 88.9 Å². The molecule has 2 unspecified atom stereocenters. The quantitative estimate of drug-likeness (QED) is 0.229. The van der Waals surface area contributed by atoms with E-state index in [9.17, 15) is 18.0 Å². The van der Waals surface area contributed by atoms with Gasteiger partial charge in [0.25, 0.3) is 10.0 Å². The molecule has 7 nitrogen and oxygen atoms in total. The lowest BCUT2D eigenvalue weighted by molar-refractivity contribution is -0.140. The lowest BCUT2D eigenvalue weighted by Gasteiger charge is -2.33. The number of rotatable bonds is 13. The third-order valence-electron chi connectivity index (χ3n) is 6.90. The highest BCUT2D eigenvalue weighted by molar-refractivity contribution is 7.98. The van der Waals surface area contributed by atoms with Crippen molar-refractivity contribution in [2.24, 2.45) is 0 Å². The maximum Gasteiger partial charge on any atom is 0.264 e. The minimum Gasteiger partial charge on any atom is -0.352 e. The number of aryl methyl sites for hydroxylation is 1. The molecule has 0 fully saturated rings. The SMILES string of the molecule is CCC(C)NC(=O)C(CC)N(Cc1ccc(Cl)cc1)C(=O)CN(c1ccc(C)cc1)S(=O)(=O)c1ccc(SC)cc1. The molecule has 0 spiro atoms. The van der Waals surface area contributed by atoms with Crippen LogP contribution in [0.5, 0.6) is 0 Å².